The van der Waals surface area contributed by atoms with E-state index in [0.29, 0.717) is 11.6 Å². The molecule has 3 nitrogen and oxygen atoms in total. The van der Waals surface area contributed by atoms with Gasteiger partial charge in [0.1, 0.15) is 10.2 Å². The molecular weight excluding hydrogens is 278 g/mol. The third kappa shape index (κ3) is 5.20. The zero-order valence-electron chi connectivity index (χ0n) is 11.2. The summed E-state index contributed by atoms with van der Waals surface area (Å²) in [4.78, 5) is 12.1. The van der Waals surface area contributed by atoms with Gasteiger partial charge in [0.05, 0.1) is 6.61 Å². The minimum atomic E-state index is -0.138. The number of hydrogen-bond donors (Lipinski definition) is 1. The van der Waals surface area contributed by atoms with E-state index < -0.39 is 0 Å². The van der Waals surface area contributed by atoms with Crippen molar-refractivity contribution in [1.29, 1.82) is 0 Å². The van der Waals surface area contributed by atoms with E-state index in [4.69, 9.17) is 22.7 Å². The highest BCUT2D eigenvalue weighted by Crippen LogP contribution is 2.22. The Morgan fingerprint density at radius 1 is 1.47 bits per heavy atom. The Bertz CT molecular complexity index is 449. The first kappa shape index (κ1) is 16.0. The van der Waals surface area contributed by atoms with E-state index in [1.165, 1.54) is 0 Å². The highest BCUT2D eigenvalue weighted by atomic mass is 32.2. The molecule has 0 saturated heterocycles. The minimum Gasteiger partial charge on any atom is -0.465 e. The molecule has 1 unspecified atom stereocenters. The highest BCUT2D eigenvalue weighted by Gasteiger charge is 2.17. The fourth-order valence-electron chi connectivity index (χ4n) is 1.60. The summed E-state index contributed by atoms with van der Waals surface area (Å²) in [6, 6.07) is 7.79. The maximum Gasteiger partial charge on any atom is 0.319 e. The summed E-state index contributed by atoms with van der Waals surface area (Å²) >= 11 is 6.54. The number of carbonyl (C=O) groups excluding carboxylic acids is 1. The number of thiocarbonyl (C=S) groups is 1. The van der Waals surface area contributed by atoms with Crippen LogP contribution in [0.2, 0.25) is 0 Å². The zero-order chi connectivity index (χ0) is 14.3. The monoisotopic (exact) mass is 297 g/mol. The molecule has 0 aliphatic heterocycles. The Hall–Kier alpha value is -1.07. The molecule has 0 radical (unpaired) electrons. The van der Waals surface area contributed by atoms with E-state index in [0.717, 1.165) is 23.3 Å². The molecular formula is C14H19NO2S2. The van der Waals surface area contributed by atoms with Gasteiger partial charge in [-0.1, -0.05) is 37.3 Å². The van der Waals surface area contributed by atoms with Crippen LogP contribution in [0.3, 0.4) is 0 Å². The van der Waals surface area contributed by atoms with Gasteiger partial charge in [-0.2, -0.15) is 0 Å². The lowest BCUT2D eigenvalue weighted by Gasteiger charge is -2.13. The predicted molar refractivity (Wildman–Crippen MR) is 84.3 cm³/mol. The molecule has 1 aromatic carbocycles. The van der Waals surface area contributed by atoms with Gasteiger partial charge in [-0.25, -0.2) is 0 Å². The molecule has 5 heteroatoms. The summed E-state index contributed by atoms with van der Waals surface area (Å²) in [5.41, 5.74) is 7.57. The molecule has 104 valence electrons. The third-order valence-electron chi connectivity index (χ3n) is 2.58. The molecule has 0 aromatic heterocycles. The van der Waals surface area contributed by atoms with Crippen LogP contribution in [0.1, 0.15) is 31.4 Å². The zero-order valence-corrected chi connectivity index (χ0v) is 12.9. The molecule has 1 rings (SSSR count). The Morgan fingerprint density at radius 2 is 2.21 bits per heavy atom. The standard InChI is InChI=1S/C14H19NO2S2/c1-3-12(14(16)17-4-2)19-9-10-6-5-7-11(8-10)13(15)18/h5-8,12H,3-4,9H2,1-2H3,(H2,15,18). The van der Waals surface area contributed by atoms with Crippen molar-refractivity contribution in [3.8, 4) is 0 Å². The van der Waals surface area contributed by atoms with Gasteiger partial charge in [0.15, 0.2) is 0 Å². The van der Waals surface area contributed by atoms with Crippen molar-refractivity contribution < 1.29 is 9.53 Å². The van der Waals surface area contributed by atoms with E-state index in [1.807, 2.05) is 38.1 Å². The Balaban J connectivity index is 2.62. The maximum atomic E-state index is 11.7. The van der Waals surface area contributed by atoms with Crippen LogP contribution in [0.4, 0.5) is 0 Å². The summed E-state index contributed by atoms with van der Waals surface area (Å²) < 4.78 is 5.04. The summed E-state index contributed by atoms with van der Waals surface area (Å²) in [7, 11) is 0. The van der Waals surface area contributed by atoms with Crippen molar-refractivity contribution in [1.82, 2.24) is 0 Å². The van der Waals surface area contributed by atoms with Crippen LogP contribution in [0.5, 0.6) is 0 Å². The molecule has 1 aromatic rings. The molecule has 0 aliphatic carbocycles. The molecule has 19 heavy (non-hydrogen) atoms. The van der Waals surface area contributed by atoms with Gasteiger partial charge >= 0.3 is 5.97 Å². The largest absolute Gasteiger partial charge is 0.465 e. The number of benzene rings is 1. The normalized spacial score (nSPS) is 11.9. The number of ether oxygens (including phenoxy) is 1. The van der Waals surface area contributed by atoms with Crippen LogP contribution in [-0.2, 0) is 15.3 Å². The van der Waals surface area contributed by atoms with Crippen molar-refractivity contribution in [3.05, 3.63) is 35.4 Å². The Morgan fingerprint density at radius 3 is 2.79 bits per heavy atom. The lowest BCUT2D eigenvalue weighted by atomic mass is 10.1. The van der Waals surface area contributed by atoms with Crippen molar-refractivity contribution in [3.63, 3.8) is 0 Å². The Kier molecular flexibility index (Phi) is 6.87. The smallest absolute Gasteiger partial charge is 0.319 e. The molecule has 0 amide bonds. The molecule has 0 aliphatic rings. The molecule has 0 heterocycles. The first-order valence-corrected chi connectivity index (χ1v) is 7.71. The first-order valence-electron chi connectivity index (χ1n) is 6.25. The van der Waals surface area contributed by atoms with Crippen LogP contribution in [0.15, 0.2) is 24.3 Å². The summed E-state index contributed by atoms with van der Waals surface area (Å²) in [6.45, 7) is 4.23. The SMILES string of the molecule is CCOC(=O)C(CC)SCc1cccc(C(N)=S)c1. The van der Waals surface area contributed by atoms with Crippen LogP contribution in [0, 0.1) is 0 Å². The van der Waals surface area contributed by atoms with E-state index in [9.17, 15) is 4.79 Å². The second-order valence-electron chi connectivity index (χ2n) is 4.02. The molecule has 0 saturated carbocycles. The molecule has 0 fully saturated rings. The maximum absolute atomic E-state index is 11.7. The van der Waals surface area contributed by atoms with Crippen LogP contribution < -0.4 is 5.73 Å². The molecule has 0 spiro atoms. The molecule has 0 bridgehead atoms. The fraction of sp³-hybridized carbons (Fsp3) is 0.429. The van der Waals surface area contributed by atoms with Gasteiger partial charge in [0, 0.05) is 11.3 Å². The highest BCUT2D eigenvalue weighted by molar-refractivity contribution is 7.99. The van der Waals surface area contributed by atoms with Gasteiger partial charge in [-0.05, 0) is 25.0 Å². The van der Waals surface area contributed by atoms with Gasteiger partial charge < -0.3 is 10.5 Å². The average molecular weight is 297 g/mol. The van der Waals surface area contributed by atoms with Gasteiger partial charge in [-0.15, -0.1) is 11.8 Å². The van der Waals surface area contributed by atoms with E-state index >= 15 is 0 Å². The lowest BCUT2D eigenvalue weighted by Crippen LogP contribution is -2.19. The van der Waals surface area contributed by atoms with Gasteiger partial charge in [0.2, 0.25) is 0 Å². The second kappa shape index (κ2) is 8.17. The number of carbonyl (C=O) groups is 1. The quantitative estimate of drug-likeness (QED) is 0.619. The van der Waals surface area contributed by atoms with E-state index in [-0.39, 0.29) is 11.2 Å². The fourth-order valence-corrected chi connectivity index (χ4v) is 2.74. The van der Waals surface area contributed by atoms with E-state index in [1.54, 1.807) is 11.8 Å². The van der Waals surface area contributed by atoms with Crippen molar-refractivity contribution >= 4 is 34.9 Å². The third-order valence-corrected chi connectivity index (χ3v) is 4.25. The van der Waals surface area contributed by atoms with Gasteiger partial charge in [-0.3, -0.25) is 4.79 Å². The number of thioether (sulfide) groups is 1. The average Bonchev–Trinajstić information content (AvgIpc) is 2.40. The lowest BCUT2D eigenvalue weighted by molar-refractivity contribution is -0.142. The summed E-state index contributed by atoms with van der Waals surface area (Å²) in [5.74, 6) is 0.605. The number of rotatable bonds is 7. The predicted octanol–water partition coefficient (Wildman–Crippen LogP) is 2.90. The van der Waals surface area contributed by atoms with Crippen molar-refractivity contribution in [2.45, 2.75) is 31.3 Å². The van der Waals surface area contributed by atoms with E-state index in [2.05, 4.69) is 0 Å². The topological polar surface area (TPSA) is 52.3 Å². The number of nitrogens with two attached hydrogens (primary N) is 1. The molecule has 1 atom stereocenters. The summed E-state index contributed by atoms with van der Waals surface area (Å²) in [5, 5.41) is -0.117. The van der Waals surface area contributed by atoms with Crippen LogP contribution in [-0.4, -0.2) is 22.8 Å². The second-order valence-corrected chi connectivity index (χ2v) is 5.66. The van der Waals surface area contributed by atoms with Crippen LogP contribution in [0.25, 0.3) is 0 Å². The number of esters is 1. The Labute approximate surface area is 123 Å². The van der Waals surface area contributed by atoms with Crippen molar-refractivity contribution in [2.24, 2.45) is 5.73 Å². The minimum absolute atomic E-state index is 0.117. The molecule has 2 N–H and O–H groups in total. The first-order chi connectivity index (χ1) is 9.08. The van der Waals surface area contributed by atoms with Crippen LogP contribution >= 0.6 is 24.0 Å². The number of hydrogen-bond acceptors (Lipinski definition) is 4. The van der Waals surface area contributed by atoms with Gasteiger partial charge in [0.25, 0.3) is 0 Å². The van der Waals surface area contributed by atoms with Crippen molar-refractivity contribution in [2.75, 3.05) is 6.61 Å². The summed E-state index contributed by atoms with van der Waals surface area (Å²) in [6.07, 6.45) is 0.762.